The summed E-state index contributed by atoms with van der Waals surface area (Å²) >= 11 is 0. The predicted molar refractivity (Wildman–Crippen MR) is 92.6 cm³/mol. The number of nitrogens with one attached hydrogen (secondary N) is 1. The molecule has 0 atom stereocenters. The molecule has 0 radical (unpaired) electrons. The van der Waals surface area contributed by atoms with Crippen molar-refractivity contribution in [3.05, 3.63) is 89.1 Å². The summed E-state index contributed by atoms with van der Waals surface area (Å²) in [6.07, 6.45) is 3.52. The lowest BCUT2D eigenvalue weighted by Gasteiger charge is -2.14. The van der Waals surface area contributed by atoms with E-state index in [2.05, 4.69) is 15.5 Å². The summed E-state index contributed by atoms with van der Waals surface area (Å²) in [6, 6.07) is 13.1. The van der Waals surface area contributed by atoms with E-state index in [9.17, 15) is 4.39 Å². The Morgan fingerprint density at radius 2 is 1.80 bits per heavy atom. The highest BCUT2D eigenvalue weighted by molar-refractivity contribution is 5.83. The predicted octanol–water partition coefficient (Wildman–Crippen LogP) is 3.96. The molecule has 0 bridgehead atoms. The van der Waals surface area contributed by atoms with E-state index in [4.69, 9.17) is 0 Å². The van der Waals surface area contributed by atoms with Crippen molar-refractivity contribution in [2.24, 2.45) is 0 Å². The standard InChI is InChI=1S/C20H15F2N3/c21-16-5-3-13(4-6-16)17-7-9-23-12-15-10-14(11-18(22)20(15)17)19-2-1-8-24-25-19/h1-8,10-11,23H,9,12H2. The molecule has 1 N–H and O–H groups in total. The van der Waals surface area contributed by atoms with Gasteiger partial charge in [0.15, 0.2) is 0 Å². The van der Waals surface area contributed by atoms with Gasteiger partial charge in [-0.15, -0.1) is 0 Å². The molecule has 0 aliphatic carbocycles. The molecule has 5 heteroatoms. The molecule has 1 aromatic heterocycles. The molecular formula is C20H15F2N3. The molecule has 3 aromatic rings. The van der Waals surface area contributed by atoms with Gasteiger partial charge in [0.2, 0.25) is 0 Å². The maximum atomic E-state index is 15.0. The third-order valence-electron chi connectivity index (χ3n) is 4.23. The molecule has 0 unspecified atom stereocenters. The van der Waals surface area contributed by atoms with Crippen molar-refractivity contribution in [1.82, 2.24) is 15.5 Å². The summed E-state index contributed by atoms with van der Waals surface area (Å²) < 4.78 is 28.3. The van der Waals surface area contributed by atoms with Crippen molar-refractivity contribution in [3.63, 3.8) is 0 Å². The molecule has 2 aromatic carbocycles. The van der Waals surface area contributed by atoms with Gasteiger partial charge in [-0.1, -0.05) is 18.2 Å². The zero-order valence-electron chi connectivity index (χ0n) is 13.3. The Bertz CT molecular complexity index is 935. The largest absolute Gasteiger partial charge is 0.309 e. The lowest BCUT2D eigenvalue weighted by molar-refractivity contribution is 0.620. The summed E-state index contributed by atoms with van der Waals surface area (Å²) in [5, 5.41) is 11.2. The number of hydrogen-bond donors (Lipinski definition) is 1. The first-order valence-corrected chi connectivity index (χ1v) is 8.00. The Labute approximate surface area is 144 Å². The third kappa shape index (κ3) is 3.06. The summed E-state index contributed by atoms with van der Waals surface area (Å²) in [5.74, 6) is -0.632. The lowest BCUT2D eigenvalue weighted by Crippen LogP contribution is -2.12. The minimum absolute atomic E-state index is 0.310. The van der Waals surface area contributed by atoms with E-state index >= 15 is 4.39 Å². The molecule has 124 valence electrons. The van der Waals surface area contributed by atoms with Crippen LogP contribution in [-0.4, -0.2) is 16.7 Å². The molecule has 0 amide bonds. The van der Waals surface area contributed by atoms with Gasteiger partial charge < -0.3 is 5.32 Å². The molecule has 4 rings (SSSR count). The van der Waals surface area contributed by atoms with Gasteiger partial charge in [-0.05, 0) is 53.1 Å². The average Bonchev–Trinajstić information content (AvgIpc) is 2.86. The van der Waals surface area contributed by atoms with Gasteiger partial charge in [-0.3, -0.25) is 0 Å². The number of hydrogen-bond acceptors (Lipinski definition) is 3. The fourth-order valence-electron chi connectivity index (χ4n) is 3.08. The van der Waals surface area contributed by atoms with Crippen LogP contribution in [0.2, 0.25) is 0 Å². The van der Waals surface area contributed by atoms with E-state index in [1.54, 1.807) is 30.5 Å². The monoisotopic (exact) mass is 335 g/mol. The van der Waals surface area contributed by atoms with Crippen LogP contribution >= 0.6 is 0 Å². The molecule has 3 nitrogen and oxygen atoms in total. The maximum Gasteiger partial charge on any atom is 0.132 e. The molecule has 2 heterocycles. The highest BCUT2D eigenvalue weighted by Crippen LogP contribution is 2.33. The SMILES string of the molecule is Fc1ccc(C2=CCNCc3cc(-c4cccnn4)cc(F)c32)cc1. The Balaban J connectivity index is 1.85. The zero-order valence-corrected chi connectivity index (χ0v) is 13.3. The first kappa shape index (κ1) is 15.6. The van der Waals surface area contributed by atoms with Crippen molar-refractivity contribution < 1.29 is 8.78 Å². The number of nitrogens with zero attached hydrogens (tertiary/aromatic N) is 2. The number of rotatable bonds is 2. The number of fused-ring (bicyclic) bond motifs is 1. The smallest absolute Gasteiger partial charge is 0.132 e. The van der Waals surface area contributed by atoms with Crippen molar-refractivity contribution in [1.29, 1.82) is 0 Å². The van der Waals surface area contributed by atoms with Crippen LogP contribution < -0.4 is 5.32 Å². The maximum absolute atomic E-state index is 15.0. The molecule has 1 aliphatic heterocycles. The number of benzene rings is 2. The first-order chi connectivity index (χ1) is 12.2. The van der Waals surface area contributed by atoms with Crippen LogP contribution in [0.1, 0.15) is 16.7 Å². The minimum Gasteiger partial charge on any atom is -0.309 e. The van der Waals surface area contributed by atoms with E-state index in [1.807, 2.05) is 12.1 Å². The Kier molecular flexibility index (Phi) is 4.07. The molecule has 25 heavy (non-hydrogen) atoms. The molecule has 0 saturated heterocycles. The topological polar surface area (TPSA) is 37.8 Å². The van der Waals surface area contributed by atoms with E-state index < -0.39 is 0 Å². The van der Waals surface area contributed by atoms with Crippen molar-refractivity contribution >= 4 is 5.57 Å². The minimum atomic E-state index is -0.322. The molecule has 0 spiro atoms. The molecule has 0 saturated carbocycles. The van der Waals surface area contributed by atoms with Crippen LogP contribution in [0.3, 0.4) is 0 Å². The van der Waals surface area contributed by atoms with Crippen LogP contribution in [0.5, 0.6) is 0 Å². The number of aromatic nitrogens is 2. The summed E-state index contributed by atoms with van der Waals surface area (Å²) in [5.41, 5.74) is 4.26. The molecule has 0 fully saturated rings. The van der Waals surface area contributed by atoms with Crippen LogP contribution in [0, 0.1) is 11.6 Å². The zero-order chi connectivity index (χ0) is 17.2. The second kappa shape index (κ2) is 6.53. The van der Waals surface area contributed by atoms with E-state index in [0.29, 0.717) is 29.9 Å². The van der Waals surface area contributed by atoms with Crippen LogP contribution in [0.25, 0.3) is 16.8 Å². The molecular weight excluding hydrogens is 320 g/mol. The van der Waals surface area contributed by atoms with Crippen molar-refractivity contribution in [3.8, 4) is 11.3 Å². The Hall–Kier alpha value is -2.92. The van der Waals surface area contributed by atoms with Gasteiger partial charge in [-0.25, -0.2) is 8.78 Å². The van der Waals surface area contributed by atoms with E-state index in [0.717, 1.165) is 16.7 Å². The van der Waals surface area contributed by atoms with Crippen LogP contribution in [0.4, 0.5) is 8.78 Å². The highest BCUT2D eigenvalue weighted by atomic mass is 19.1. The summed E-state index contributed by atoms with van der Waals surface area (Å²) in [7, 11) is 0. The van der Waals surface area contributed by atoms with Crippen LogP contribution in [-0.2, 0) is 6.54 Å². The van der Waals surface area contributed by atoms with Gasteiger partial charge >= 0.3 is 0 Å². The van der Waals surface area contributed by atoms with Gasteiger partial charge in [0, 0.05) is 30.4 Å². The Morgan fingerprint density at radius 3 is 2.56 bits per heavy atom. The van der Waals surface area contributed by atoms with Crippen LogP contribution in [0.15, 0.2) is 60.8 Å². The van der Waals surface area contributed by atoms with Gasteiger partial charge in [0.25, 0.3) is 0 Å². The van der Waals surface area contributed by atoms with Gasteiger partial charge in [0.05, 0.1) is 5.69 Å². The Morgan fingerprint density at radius 1 is 0.960 bits per heavy atom. The van der Waals surface area contributed by atoms with Crippen molar-refractivity contribution in [2.75, 3.05) is 6.54 Å². The third-order valence-corrected chi connectivity index (χ3v) is 4.23. The summed E-state index contributed by atoms with van der Waals surface area (Å²) in [6.45, 7) is 1.16. The van der Waals surface area contributed by atoms with E-state index in [1.165, 1.54) is 18.2 Å². The second-order valence-corrected chi connectivity index (χ2v) is 5.86. The lowest BCUT2D eigenvalue weighted by atomic mass is 9.91. The fourth-order valence-corrected chi connectivity index (χ4v) is 3.08. The second-order valence-electron chi connectivity index (χ2n) is 5.86. The molecule has 1 aliphatic rings. The van der Waals surface area contributed by atoms with E-state index in [-0.39, 0.29) is 11.6 Å². The normalized spacial score (nSPS) is 13.8. The van der Waals surface area contributed by atoms with Gasteiger partial charge in [-0.2, -0.15) is 10.2 Å². The quantitative estimate of drug-likeness (QED) is 0.770. The highest BCUT2D eigenvalue weighted by Gasteiger charge is 2.19. The average molecular weight is 335 g/mol. The van der Waals surface area contributed by atoms with Crippen molar-refractivity contribution in [2.45, 2.75) is 6.54 Å². The first-order valence-electron chi connectivity index (χ1n) is 8.00. The fraction of sp³-hybridized carbons (Fsp3) is 0.100. The van der Waals surface area contributed by atoms with Gasteiger partial charge in [0.1, 0.15) is 11.6 Å². The summed E-state index contributed by atoms with van der Waals surface area (Å²) in [4.78, 5) is 0. The number of halogens is 2.